The van der Waals surface area contributed by atoms with Crippen molar-refractivity contribution in [2.45, 2.75) is 19.8 Å². The largest absolute Gasteiger partial charge is 0.494 e. The number of aliphatic carboxylic acids is 1. The van der Waals surface area contributed by atoms with E-state index in [4.69, 9.17) is 9.84 Å². The predicted octanol–water partition coefficient (Wildman–Crippen LogP) is 1.99. The molecule has 5 heteroatoms. The lowest BCUT2D eigenvalue weighted by Crippen LogP contribution is -2.10. The summed E-state index contributed by atoms with van der Waals surface area (Å²) in [5.74, 6) is 0.615. The molecule has 1 aromatic rings. The Kier molecular flexibility index (Phi) is 6.43. The van der Waals surface area contributed by atoms with Gasteiger partial charge < -0.3 is 9.84 Å². The zero-order chi connectivity index (χ0) is 13.4. The standard InChI is InChI=1S/C13H18O4S/c1-11-4-2-5-12(10-11)17-7-3-8-18(16)9-6-13(14)15/h2,4-5,10H,3,6-9H2,1H3,(H,14,15). The van der Waals surface area contributed by atoms with Crippen LogP contribution in [0.3, 0.4) is 0 Å². The van der Waals surface area contributed by atoms with Gasteiger partial charge in [0.15, 0.2) is 0 Å². The van der Waals surface area contributed by atoms with Crippen LogP contribution in [0.15, 0.2) is 24.3 Å². The Balaban J connectivity index is 2.15. The van der Waals surface area contributed by atoms with Crippen molar-refractivity contribution < 1.29 is 18.8 Å². The van der Waals surface area contributed by atoms with Crippen LogP contribution in [0.2, 0.25) is 0 Å². The average molecular weight is 270 g/mol. The molecular weight excluding hydrogens is 252 g/mol. The molecule has 0 spiro atoms. The highest BCUT2D eigenvalue weighted by Gasteiger charge is 2.04. The fourth-order valence-corrected chi connectivity index (χ4v) is 2.46. The summed E-state index contributed by atoms with van der Waals surface area (Å²) < 4.78 is 16.9. The Labute approximate surface area is 109 Å². The lowest BCUT2D eigenvalue weighted by Gasteiger charge is -2.06. The van der Waals surface area contributed by atoms with Crippen molar-refractivity contribution in [3.8, 4) is 5.75 Å². The molecule has 1 aromatic carbocycles. The first kappa shape index (κ1) is 14.7. The van der Waals surface area contributed by atoms with E-state index in [2.05, 4.69) is 0 Å². The average Bonchev–Trinajstić information content (AvgIpc) is 2.32. The quantitative estimate of drug-likeness (QED) is 0.734. The molecule has 1 unspecified atom stereocenters. The van der Waals surface area contributed by atoms with Crippen molar-refractivity contribution in [1.82, 2.24) is 0 Å². The highest BCUT2D eigenvalue weighted by atomic mass is 32.2. The van der Waals surface area contributed by atoms with E-state index in [1.165, 1.54) is 0 Å². The van der Waals surface area contributed by atoms with E-state index in [-0.39, 0.29) is 12.2 Å². The van der Waals surface area contributed by atoms with Crippen LogP contribution in [0.4, 0.5) is 0 Å². The minimum atomic E-state index is -1.06. The third-order valence-electron chi connectivity index (χ3n) is 2.32. The van der Waals surface area contributed by atoms with Crippen molar-refractivity contribution in [1.29, 1.82) is 0 Å². The van der Waals surface area contributed by atoms with Gasteiger partial charge in [-0.25, -0.2) is 0 Å². The van der Waals surface area contributed by atoms with Gasteiger partial charge in [0.1, 0.15) is 5.75 Å². The molecule has 4 nitrogen and oxygen atoms in total. The molecular formula is C13H18O4S. The zero-order valence-corrected chi connectivity index (χ0v) is 11.2. The number of aryl methyl sites for hydroxylation is 1. The minimum absolute atomic E-state index is 0.0364. The Morgan fingerprint density at radius 1 is 1.39 bits per heavy atom. The summed E-state index contributed by atoms with van der Waals surface area (Å²) >= 11 is 0. The van der Waals surface area contributed by atoms with Gasteiger partial charge in [0.25, 0.3) is 0 Å². The Morgan fingerprint density at radius 2 is 2.17 bits per heavy atom. The molecule has 0 aliphatic rings. The first-order valence-corrected chi connectivity index (χ1v) is 7.33. The molecule has 0 aromatic heterocycles. The topological polar surface area (TPSA) is 63.6 Å². The van der Waals surface area contributed by atoms with Gasteiger partial charge in [0.05, 0.1) is 13.0 Å². The van der Waals surface area contributed by atoms with Gasteiger partial charge in [-0.05, 0) is 31.0 Å². The van der Waals surface area contributed by atoms with Crippen LogP contribution in [-0.4, -0.2) is 33.4 Å². The predicted molar refractivity (Wildman–Crippen MR) is 71.4 cm³/mol. The first-order valence-electron chi connectivity index (χ1n) is 5.84. The van der Waals surface area contributed by atoms with Crippen LogP contribution in [0.5, 0.6) is 5.75 Å². The number of hydrogen-bond donors (Lipinski definition) is 1. The second-order valence-corrected chi connectivity index (χ2v) is 5.71. The van der Waals surface area contributed by atoms with Crippen molar-refractivity contribution in [3.05, 3.63) is 29.8 Å². The molecule has 0 saturated heterocycles. The number of rotatable bonds is 8. The van der Waals surface area contributed by atoms with Crippen LogP contribution < -0.4 is 4.74 Å². The van der Waals surface area contributed by atoms with Crippen molar-refractivity contribution in [3.63, 3.8) is 0 Å². The SMILES string of the molecule is Cc1cccc(OCCCS(=O)CCC(=O)O)c1. The van der Waals surface area contributed by atoms with E-state index < -0.39 is 16.8 Å². The fourth-order valence-electron chi connectivity index (χ4n) is 1.42. The maximum absolute atomic E-state index is 11.4. The van der Waals surface area contributed by atoms with Gasteiger partial charge in [-0.15, -0.1) is 0 Å². The molecule has 0 heterocycles. The summed E-state index contributed by atoms with van der Waals surface area (Å²) in [4.78, 5) is 10.3. The van der Waals surface area contributed by atoms with E-state index in [0.717, 1.165) is 11.3 Å². The normalized spacial score (nSPS) is 12.1. The Morgan fingerprint density at radius 3 is 2.83 bits per heavy atom. The highest BCUT2D eigenvalue weighted by molar-refractivity contribution is 7.84. The second-order valence-electron chi connectivity index (χ2n) is 4.01. The molecule has 1 rings (SSSR count). The van der Waals surface area contributed by atoms with Crippen LogP contribution in [-0.2, 0) is 15.6 Å². The van der Waals surface area contributed by atoms with Gasteiger partial charge in [0.2, 0.25) is 0 Å². The summed E-state index contributed by atoms with van der Waals surface area (Å²) in [6.07, 6.45) is 0.630. The molecule has 18 heavy (non-hydrogen) atoms. The zero-order valence-electron chi connectivity index (χ0n) is 10.4. The van der Waals surface area contributed by atoms with Gasteiger partial charge in [-0.3, -0.25) is 9.00 Å². The monoisotopic (exact) mass is 270 g/mol. The van der Waals surface area contributed by atoms with E-state index in [9.17, 15) is 9.00 Å². The van der Waals surface area contributed by atoms with Crippen molar-refractivity contribution >= 4 is 16.8 Å². The van der Waals surface area contributed by atoms with E-state index in [0.29, 0.717) is 18.8 Å². The highest BCUT2D eigenvalue weighted by Crippen LogP contribution is 2.12. The maximum atomic E-state index is 11.4. The molecule has 0 aliphatic carbocycles. The number of hydrogen-bond acceptors (Lipinski definition) is 3. The van der Waals surface area contributed by atoms with Gasteiger partial charge >= 0.3 is 5.97 Å². The van der Waals surface area contributed by atoms with E-state index in [1.54, 1.807) is 0 Å². The lowest BCUT2D eigenvalue weighted by atomic mass is 10.2. The van der Waals surface area contributed by atoms with Crippen LogP contribution >= 0.6 is 0 Å². The van der Waals surface area contributed by atoms with Crippen LogP contribution in [0.25, 0.3) is 0 Å². The van der Waals surface area contributed by atoms with Crippen molar-refractivity contribution in [2.75, 3.05) is 18.1 Å². The molecule has 0 bridgehead atoms. The Hall–Kier alpha value is -1.36. The summed E-state index contributed by atoms with van der Waals surface area (Å²) in [5.41, 5.74) is 1.14. The lowest BCUT2D eigenvalue weighted by molar-refractivity contribution is -0.136. The number of ether oxygens (including phenoxy) is 1. The number of carbonyl (C=O) groups is 1. The Bertz CT molecular complexity index is 417. The van der Waals surface area contributed by atoms with E-state index in [1.807, 2.05) is 31.2 Å². The smallest absolute Gasteiger partial charge is 0.304 e. The molecule has 0 aliphatic heterocycles. The number of benzene rings is 1. The molecule has 0 radical (unpaired) electrons. The molecule has 100 valence electrons. The summed E-state index contributed by atoms with van der Waals surface area (Å²) in [6, 6.07) is 7.75. The maximum Gasteiger partial charge on any atom is 0.304 e. The van der Waals surface area contributed by atoms with Gasteiger partial charge in [-0.1, -0.05) is 12.1 Å². The molecule has 1 N–H and O–H groups in total. The van der Waals surface area contributed by atoms with E-state index >= 15 is 0 Å². The molecule has 1 atom stereocenters. The fraction of sp³-hybridized carbons (Fsp3) is 0.462. The molecule has 0 fully saturated rings. The van der Waals surface area contributed by atoms with Gasteiger partial charge in [-0.2, -0.15) is 0 Å². The molecule has 0 saturated carbocycles. The summed E-state index contributed by atoms with van der Waals surface area (Å²) in [6.45, 7) is 2.50. The van der Waals surface area contributed by atoms with Crippen LogP contribution in [0.1, 0.15) is 18.4 Å². The van der Waals surface area contributed by atoms with Crippen molar-refractivity contribution in [2.24, 2.45) is 0 Å². The minimum Gasteiger partial charge on any atom is -0.494 e. The first-order chi connectivity index (χ1) is 8.58. The third-order valence-corrected chi connectivity index (χ3v) is 3.72. The number of carboxylic acid groups (broad SMARTS) is 1. The summed E-state index contributed by atoms with van der Waals surface area (Å²) in [7, 11) is -1.06. The second kappa shape index (κ2) is 7.87. The van der Waals surface area contributed by atoms with Gasteiger partial charge in [0, 0.05) is 22.3 Å². The number of carboxylic acids is 1. The van der Waals surface area contributed by atoms with Crippen LogP contribution in [0, 0.1) is 6.92 Å². The summed E-state index contributed by atoms with van der Waals surface area (Å²) in [5, 5.41) is 8.45. The third kappa shape index (κ3) is 6.39. The molecule has 0 amide bonds.